The Hall–Kier alpha value is -1.59. The maximum atomic E-state index is 12.5. The van der Waals surface area contributed by atoms with Crippen LogP contribution in [0.5, 0.6) is 5.75 Å². The largest absolute Gasteiger partial charge is 0.491 e. The molecule has 0 radical (unpaired) electrons. The molecule has 2 heterocycles. The molecule has 2 saturated heterocycles. The van der Waals surface area contributed by atoms with Gasteiger partial charge in [0.2, 0.25) is 5.91 Å². The molecule has 2 aliphatic rings. The summed E-state index contributed by atoms with van der Waals surface area (Å²) in [6.07, 6.45) is 2.10. The normalized spacial score (nSPS) is 22.7. The third-order valence-corrected chi connectivity index (χ3v) is 4.35. The van der Waals surface area contributed by atoms with Gasteiger partial charge >= 0.3 is 0 Å². The highest BCUT2D eigenvalue weighted by Crippen LogP contribution is 2.19. The zero-order valence-electron chi connectivity index (χ0n) is 12.9. The van der Waals surface area contributed by atoms with Crippen molar-refractivity contribution in [2.45, 2.75) is 18.9 Å². The van der Waals surface area contributed by atoms with Crippen LogP contribution in [0.1, 0.15) is 12.8 Å². The summed E-state index contributed by atoms with van der Waals surface area (Å²) in [6, 6.07) is 10.0. The lowest BCUT2D eigenvalue weighted by Gasteiger charge is -2.30. The van der Waals surface area contributed by atoms with Crippen molar-refractivity contribution in [2.75, 3.05) is 46.0 Å². The summed E-state index contributed by atoms with van der Waals surface area (Å²) in [5.41, 5.74) is 0. The van der Waals surface area contributed by atoms with E-state index in [1.165, 1.54) is 0 Å². The van der Waals surface area contributed by atoms with Crippen LogP contribution in [0.3, 0.4) is 0 Å². The van der Waals surface area contributed by atoms with Gasteiger partial charge in [0.15, 0.2) is 0 Å². The first-order valence-corrected chi connectivity index (χ1v) is 8.10. The first-order valence-electron chi connectivity index (χ1n) is 8.10. The predicted octanol–water partition coefficient (Wildman–Crippen LogP) is 1.39. The van der Waals surface area contributed by atoms with Crippen LogP contribution >= 0.6 is 0 Å². The summed E-state index contributed by atoms with van der Waals surface area (Å²) in [4.78, 5) is 16.7. The molecule has 0 N–H and O–H groups in total. The highest BCUT2D eigenvalue weighted by Gasteiger charge is 2.30. The molecule has 0 saturated carbocycles. The Morgan fingerprint density at radius 1 is 1.18 bits per heavy atom. The van der Waals surface area contributed by atoms with E-state index >= 15 is 0 Å². The molecular weight excluding hydrogens is 280 g/mol. The summed E-state index contributed by atoms with van der Waals surface area (Å²) < 4.78 is 11.2. The van der Waals surface area contributed by atoms with Crippen molar-refractivity contribution in [1.29, 1.82) is 0 Å². The number of amides is 1. The molecule has 0 bridgehead atoms. The number of rotatable bonds is 5. The maximum Gasteiger partial charge on any atom is 0.237 e. The molecule has 2 fully saturated rings. The van der Waals surface area contributed by atoms with Gasteiger partial charge in [-0.1, -0.05) is 18.2 Å². The average Bonchev–Trinajstić information content (AvgIpc) is 3.03. The minimum Gasteiger partial charge on any atom is -0.491 e. The van der Waals surface area contributed by atoms with Crippen molar-refractivity contribution in [2.24, 2.45) is 0 Å². The van der Waals surface area contributed by atoms with Crippen LogP contribution in [-0.4, -0.2) is 67.7 Å². The fraction of sp³-hybridized carbons (Fsp3) is 0.588. The Bertz CT molecular complexity index is 474. The number of likely N-dealkylation sites (tertiary alicyclic amines) is 1. The number of ether oxygens (including phenoxy) is 2. The van der Waals surface area contributed by atoms with Crippen LogP contribution in [0.25, 0.3) is 0 Å². The third-order valence-electron chi connectivity index (χ3n) is 4.35. The van der Waals surface area contributed by atoms with Crippen LogP contribution in [0.15, 0.2) is 30.3 Å². The Morgan fingerprint density at radius 3 is 2.73 bits per heavy atom. The van der Waals surface area contributed by atoms with E-state index in [1.807, 2.05) is 35.2 Å². The smallest absolute Gasteiger partial charge is 0.237 e. The van der Waals surface area contributed by atoms with Crippen molar-refractivity contribution < 1.29 is 14.3 Å². The van der Waals surface area contributed by atoms with Crippen molar-refractivity contribution in [1.82, 2.24) is 9.80 Å². The molecule has 2 aliphatic heterocycles. The number of carbonyl (C=O) groups is 1. The highest BCUT2D eigenvalue weighted by molar-refractivity contribution is 5.79. The zero-order chi connectivity index (χ0) is 15.2. The number of hydrogen-bond donors (Lipinski definition) is 0. The number of benzene rings is 1. The lowest BCUT2D eigenvalue weighted by atomic mass is 10.2. The molecule has 5 nitrogen and oxygen atoms in total. The van der Waals surface area contributed by atoms with Gasteiger partial charge in [0, 0.05) is 19.6 Å². The van der Waals surface area contributed by atoms with Crippen LogP contribution in [0.2, 0.25) is 0 Å². The molecule has 120 valence electrons. The standard InChI is InChI=1S/C17H24N2O3/c20-17(13-18-9-11-21-12-10-18)19-8-4-5-15(19)14-22-16-6-2-1-3-7-16/h1-3,6-7,15H,4-5,8-14H2. The summed E-state index contributed by atoms with van der Waals surface area (Å²) in [6.45, 7) is 5.10. The lowest BCUT2D eigenvalue weighted by molar-refractivity contribution is -0.134. The molecule has 1 amide bonds. The molecule has 0 aliphatic carbocycles. The first kappa shape index (κ1) is 15.3. The first-order chi connectivity index (χ1) is 10.8. The molecule has 0 spiro atoms. The summed E-state index contributed by atoms with van der Waals surface area (Å²) in [5.74, 6) is 1.09. The Balaban J connectivity index is 1.50. The molecule has 3 rings (SSSR count). The van der Waals surface area contributed by atoms with Gasteiger partial charge in [0.1, 0.15) is 12.4 Å². The van der Waals surface area contributed by atoms with E-state index in [0.29, 0.717) is 13.2 Å². The second kappa shape index (κ2) is 7.61. The van der Waals surface area contributed by atoms with Gasteiger partial charge < -0.3 is 14.4 Å². The number of nitrogens with zero attached hydrogens (tertiary/aromatic N) is 2. The van der Waals surface area contributed by atoms with Gasteiger partial charge in [0.25, 0.3) is 0 Å². The highest BCUT2D eigenvalue weighted by atomic mass is 16.5. The minimum atomic E-state index is 0.203. The van der Waals surface area contributed by atoms with Gasteiger partial charge in [-0.3, -0.25) is 9.69 Å². The third kappa shape index (κ3) is 3.99. The molecule has 1 atom stereocenters. The second-order valence-corrected chi connectivity index (χ2v) is 5.90. The fourth-order valence-corrected chi connectivity index (χ4v) is 3.09. The van der Waals surface area contributed by atoms with Gasteiger partial charge in [-0.15, -0.1) is 0 Å². The summed E-state index contributed by atoms with van der Waals surface area (Å²) in [5, 5.41) is 0. The molecule has 5 heteroatoms. The summed E-state index contributed by atoms with van der Waals surface area (Å²) in [7, 11) is 0. The average molecular weight is 304 g/mol. The van der Waals surface area contributed by atoms with Gasteiger partial charge in [-0.25, -0.2) is 0 Å². The maximum absolute atomic E-state index is 12.5. The van der Waals surface area contributed by atoms with E-state index < -0.39 is 0 Å². The minimum absolute atomic E-state index is 0.203. The molecule has 22 heavy (non-hydrogen) atoms. The van der Waals surface area contributed by atoms with E-state index in [0.717, 1.165) is 51.4 Å². The van der Waals surface area contributed by atoms with E-state index in [-0.39, 0.29) is 11.9 Å². The van der Waals surface area contributed by atoms with E-state index in [9.17, 15) is 4.79 Å². The predicted molar refractivity (Wildman–Crippen MR) is 83.9 cm³/mol. The van der Waals surface area contributed by atoms with Crippen molar-refractivity contribution in [3.8, 4) is 5.75 Å². The number of carbonyl (C=O) groups excluding carboxylic acids is 1. The van der Waals surface area contributed by atoms with E-state index in [1.54, 1.807) is 0 Å². The van der Waals surface area contributed by atoms with Crippen LogP contribution in [-0.2, 0) is 9.53 Å². The Morgan fingerprint density at radius 2 is 1.95 bits per heavy atom. The van der Waals surface area contributed by atoms with Crippen LogP contribution in [0.4, 0.5) is 0 Å². The van der Waals surface area contributed by atoms with Gasteiger partial charge in [-0.05, 0) is 25.0 Å². The van der Waals surface area contributed by atoms with Gasteiger partial charge in [0.05, 0.1) is 25.8 Å². The summed E-state index contributed by atoms with van der Waals surface area (Å²) >= 11 is 0. The van der Waals surface area contributed by atoms with Gasteiger partial charge in [-0.2, -0.15) is 0 Å². The molecule has 0 aromatic heterocycles. The monoisotopic (exact) mass is 304 g/mol. The Labute approximate surface area is 131 Å². The SMILES string of the molecule is O=C(CN1CCOCC1)N1CCCC1COc1ccccc1. The quantitative estimate of drug-likeness (QED) is 0.824. The Kier molecular flexibility index (Phi) is 5.29. The molecule has 1 aromatic carbocycles. The molecule has 1 aromatic rings. The second-order valence-electron chi connectivity index (χ2n) is 5.90. The van der Waals surface area contributed by atoms with Crippen LogP contribution < -0.4 is 4.74 Å². The molecule has 1 unspecified atom stereocenters. The van der Waals surface area contributed by atoms with Crippen molar-refractivity contribution >= 4 is 5.91 Å². The molecular formula is C17H24N2O3. The fourth-order valence-electron chi connectivity index (χ4n) is 3.09. The van der Waals surface area contributed by atoms with Crippen molar-refractivity contribution in [3.63, 3.8) is 0 Å². The van der Waals surface area contributed by atoms with E-state index in [2.05, 4.69) is 4.90 Å². The van der Waals surface area contributed by atoms with Crippen molar-refractivity contribution in [3.05, 3.63) is 30.3 Å². The van der Waals surface area contributed by atoms with Crippen LogP contribution in [0, 0.1) is 0 Å². The zero-order valence-corrected chi connectivity index (χ0v) is 12.9. The van der Waals surface area contributed by atoms with E-state index in [4.69, 9.17) is 9.47 Å². The number of morpholine rings is 1. The topological polar surface area (TPSA) is 42.0 Å². The lowest BCUT2D eigenvalue weighted by Crippen LogP contribution is -2.47. The number of para-hydroxylation sites is 1. The number of hydrogen-bond acceptors (Lipinski definition) is 4.